The molecule has 0 aliphatic heterocycles. The molecule has 0 radical (unpaired) electrons. The van der Waals surface area contributed by atoms with Crippen molar-refractivity contribution in [3.63, 3.8) is 0 Å². The minimum absolute atomic E-state index is 0.141. The summed E-state index contributed by atoms with van der Waals surface area (Å²) in [5.74, 6) is -1.09. The van der Waals surface area contributed by atoms with Gasteiger partial charge in [0.2, 0.25) is 0 Å². The van der Waals surface area contributed by atoms with E-state index in [1.165, 1.54) is 0 Å². The molecule has 0 heterocycles. The molecule has 79 heavy (non-hydrogen) atoms. The van der Waals surface area contributed by atoms with Crippen LogP contribution in [0.5, 0.6) is 0 Å². The minimum Gasteiger partial charge on any atom is -0.462 e. The average molecular weight is 1080 g/mol. The maximum Gasteiger partial charge on any atom is 0.306 e. The highest BCUT2D eigenvalue weighted by Gasteiger charge is 2.19. The van der Waals surface area contributed by atoms with E-state index in [0.29, 0.717) is 19.3 Å². The van der Waals surface area contributed by atoms with Crippen LogP contribution in [0.2, 0.25) is 0 Å². The molecule has 0 aromatic rings. The molecule has 1 unspecified atom stereocenters. The van der Waals surface area contributed by atoms with Crippen molar-refractivity contribution in [3.05, 3.63) is 207 Å². The Morgan fingerprint density at radius 2 is 0.481 bits per heavy atom. The third-order valence-electron chi connectivity index (χ3n) is 11.8. The van der Waals surface area contributed by atoms with Gasteiger partial charge < -0.3 is 14.2 Å². The van der Waals surface area contributed by atoms with Crippen molar-refractivity contribution in [1.29, 1.82) is 0 Å². The van der Waals surface area contributed by atoms with Crippen LogP contribution in [0, 0.1) is 0 Å². The van der Waals surface area contributed by atoms with Crippen molar-refractivity contribution in [3.8, 4) is 0 Å². The fraction of sp³-hybridized carbons (Fsp3) is 0.493. The molecule has 0 aromatic heterocycles. The van der Waals surface area contributed by atoms with E-state index in [9.17, 15) is 14.4 Å². The predicted molar refractivity (Wildman–Crippen MR) is 343 cm³/mol. The van der Waals surface area contributed by atoms with Crippen LogP contribution < -0.4 is 0 Å². The van der Waals surface area contributed by atoms with Crippen molar-refractivity contribution in [2.24, 2.45) is 0 Å². The van der Waals surface area contributed by atoms with Gasteiger partial charge in [-0.05, 0) is 154 Å². The van der Waals surface area contributed by atoms with Crippen molar-refractivity contribution in [1.82, 2.24) is 0 Å². The van der Waals surface area contributed by atoms with E-state index in [1.54, 1.807) is 0 Å². The molecule has 6 nitrogen and oxygen atoms in total. The number of ether oxygens (including phenoxy) is 3. The Morgan fingerprint density at radius 1 is 0.253 bits per heavy atom. The van der Waals surface area contributed by atoms with Gasteiger partial charge in [0.15, 0.2) is 6.10 Å². The summed E-state index contributed by atoms with van der Waals surface area (Å²) in [6, 6.07) is 0. The molecule has 0 rings (SSSR count). The number of allylic oxidation sites excluding steroid dienone is 34. The number of rotatable bonds is 52. The second-order valence-corrected chi connectivity index (χ2v) is 19.1. The maximum atomic E-state index is 12.8. The molecule has 0 aromatic carbocycles. The molecular weight excluding hydrogens is 973 g/mol. The first-order chi connectivity index (χ1) is 39.0. The Hall–Kier alpha value is -6.01. The third kappa shape index (κ3) is 62.7. The SMILES string of the molecule is CC/C=C\C/C=C\C/C=C\C/C=C\C/C=C\C/C=C\C/C=C\C/C=C\C/C=C\C/C=C\CCCCCCC(=O)OCC(COC(=O)CCCCC/C=C\C/C=C\C/C=C\CC)OC(=O)CC/C=C\C/C=C\C/C=C\C/C=C\CC. The summed E-state index contributed by atoms with van der Waals surface area (Å²) in [4.78, 5) is 38.1. The molecule has 0 aliphatic carbocycles. The molecule has 0 saturated heterocycles. The largest absolute Gasteiger partial charge is 0.462 e. The lowest BCUT2D eigenvalue weighted by molar-refractivity contribution is -0.166. The van der Waals surface area contributed by atoms with Gasteiger partial charge in [0.25, 0.3) is 0 Å². The second kappa shape index (κ2) is 64.5. The Morgan fingerprint density at radius 3 is 0.759 bits per heavy atom. The van der Waals surface area contributed by atoms with E-state index in [-0.39, 0.29) is 31.6 Å². The highest BCUT2D eigenvalue weighted by atomic mass is 16.6. The van der Waals surface area contributed by atoms with Gasteiger partial charge in [0.1, 0.15) is 13.2 Å². The Bertz CT molecular complexity index is 1960. The summed E-state index contributed by atoms with van der Waals surface area (Å²) >= 11 is 0. The molecule has 0 saturated carbocycles. The van der Waals surface area contributed by atoms with Crippen molar-refractivity contribution in [2.45, 2.75) is 219 Å². The molecule has 0 fully saturated rings. The standard InChI is InChI=1S/C73H108O6/c1-4-7-10-13-16-19-22-25-26-27-28-29-30-31-32-33-34-35-36-37-38-39-40-41-42-43-44-45-46-49-51-54-57-60-63-66-72(75)78-69-70(79-73(76)67-64-61-58-55-52-48-24-21-18-15-12-9-6-3)68-77-71(74)65-62-59-56-53-50-47-23-20-17-14-11-8-5-2/h7-12,16-21,25-26,28-29,31-32,34-35,37-38,40-41,43-44,46-50,52,58,61,70H,4-6,13-15,22-24,27,30,33,36,39,42,45,51,53-57,59-60,62-69H2,1-3H3/b10-7-,11-8-,12-9-,19-16-,20-17-,21-18-,26-25-,29-28-,32-31-,35-34-,38-37-,41-40-,44-43-,49-46-,50-47-,52-48-,61-58-. The fourth-order valence-corrected chi connectivity index (χ4v) is 7.32. The fourth-order valence-electron chi connectivity index (χ4n) is 7.32. The summed E-state index contributed by atoms with van der Waals surface area (Å²) in [7, 11) is 0. The zero-order valence-electron chi connectivity index (χ0n) is 49.8. The van der Waals surface area contributed by atoms with Gasteiger partial charge >= 0.3 is 17.9 Å². The monoisotopic (exact) mass is 1080 g/mol. The molecular formula is C73H108O6. The number of carbonyl (C=O) groups is 3. The number of esters is 3. The zero-order chi connectivity index (χ0) is 57.1. The normalized spacial score (nSPS) is 13.6. The number of hydrogen-bond donors (Lipinski definition) is 0. The number of carbonyl (C=O) groups excluding carboxylic acids is 3. The van der Waals surface area contributed by atoms with E-state index in [1.807, 2.05) is 12.2 Å². The summed E-state index contributed by atoms with van der Waals surface area (Å²) in [5.41, 5.74) is 0. The molecule has 0 N–H and O–H groups in total. The summed E-state index contributed by atoms with van der Waals surface area (Å²) < 4.78 is 16.7. The molecule has 6 heteroatoms. The Balaban J connectivity index is 4.38. The van der Waals surface area contributed by atoms with Crippen molar-refractivity contribution in [2.75, 3.05) is 13.2 Å². The summed E-state index contributed by atoms with van der Waals surface area (Å²) in [5, 5.41) is 0. The van der Waals surface area contributed by atoms with Gasteiger partial charge in [-0.3, -0.25) is 14.4 Å². The molecule has 1 atom stereocenters. The number of hydrogen-bond acceptors (Lipinski definition) is 6. The molecule has 0 bridgehead atoms. The van der Waals surface area contributed by atoms with Gasteiger partial charge in [-0.1, -0.05) is 247 Å². The molecule has 436 valence electrons. The zero-order valence-corrected chi connectivity index (χ0v) is 49.8. The first-order valence-corrected chi connectivity index (χ1v) is 30.6. The number of unbranched alkanes of at least 4 members (excludes halogenated alkanes) is 7. The van der Waals surface area contributed by atoms with E-state index in [4.69, 9.17) is 14.2 Å². The van der Waals surface area contributed by atoms with Crippen LogP contribution in [0.1, 0.15) is 213 Å². The lowest BCUT2D eigenvalue weighted by Gasteiger charge is -2.18. The quantitative estimate of drug-likeness (QED) is 0.0261. The highest BCUT2D eigenvalue weighted by molar-refractivity contribution is 5.71. The smallest absolute Gasteiger partial charge is 0.306 e. The van der Waals surface area contributed by atoms with Gasteiger partial charge in [0.05, 0.1) is 0 Å². The average Bonchev–Trinajstić information content (AvgIpc) is 3.45. The topological polar surface area (TPSA) is 78.9 Å². The van der Waals surface area contributed by atoms with Crippen LogP contribution in [-0.4, -0.2) is 37.2 Å². The first kappa shape index (κ1) is 73.0. The minimum atomic E-state index is -0.851. The van der Waals surface area contributed by atoms with Crippen LogP contribution in [0.3, 0.4) is 0 Å². The van der Waals surface area contributed by atoms with E-state index in [0.717, 1.165) is 167 Å². The second-order valence-electron chi connectivity index (χ2n) is 19.1. The summed E-state index contributed by atoms with van der Waals surface area (Å²) in [6.07, 6.45) is 100.0. The van der Waals surface area contributed by atoms with Crippen LogP contribution in [0.15, 0.2) is 207 Å². The Labute approximate surface area is 483 Å². The van der Waals surface area contributed by atoms with Crippen molar-refractivity contribution >= 4 is 17.9 Å². The lowest BCUT2D eigenvalue weighted by atomic mass is 10.1. The van der Waals surface area contributed by atoms with Gasteiger partial charge in [-0.15, -0.1) is 0 Å². The van der Waals surface area contributed by atoms with Crippen LogP contribution in [-0.2, 0) is 28.6 Å². The summed E-state index contributed by atoms with van der Waals surface area (Å²) in [6.45, 7) is 6.15. The highest BCUT2D eigenvalue weighted by Crippen LogP contribution is 2.11. The van der Waals surface area contributed by atoms with Crippen molar-refractivity contribution < 1.29 is 28.6 Å². The third-order valence-corrected chi connectivity index (χ3v) is 11.8. The predicted octanol–water partition coefficient (Wildman–Crippen LogP) is 21.2. The first-order valence-electron chi connectivity index (χ1n) is 30.6. The molecule has 0 amide bonds. The van der Waals surface area contributed by atoms with Gasteiger partial charge in [0, 0.05) is 19.3 Å². The van der Waals surface area contributed by atoms with Crippen LogP contribution in [0.4, 0.5) is 0 Å². The van der Waals surface area contributed by atoms with E-state index >= 15 is 0 Å². The van der Waals surface area contributed by atoms with E-state index in [2.05, 4.69) is 215 Å². The van der Waals surface area contributed by atoms with Gasteiger partial charge in [-0.25, -0.2) is 0 Å². The molecule has 0 spiro atoms. The Kier molecular flexibility index (Phi) is 59.6. The van der Waals surface area contributed by atoms with Gasteiger partial charge in [-0.2, -0.15) is 0 Å². The lowest BCUT2D eigenvalue weighted by Crippen LogP contribution is -2.30. The maximum absolute atomic E-state index is 12.8. The van der Waals surface area contributed by atoms with Crippen LogP contribution in [0.25, 0.3) is 0 Å². The van der Waals surface area contributed by atoms with E-state index < -0.39 is 12.1 Å². The molecule has 0 aliphatic rings. The van der Waals surface area contributed by atoms with Crippen LogP contribution >= 0.6 is 0 Å².